The number of ether oxygens (including phenoxy) is 1. The average molecular weight is 323 g/mol. The highest BCUT2D eigenvalue weighted by atomic mass is 32.2. The van der Waals surface area contributed by atoms with Crippen molar-refractivity contribution in [2.45, 2.75) is 18.6 Å². The largest absolute Gasteiger partial charge is 0.497 e. The number of hydrogen-bond acceptors (Lipinski definition) is 4. The molecule has 0 atom stereocenters. The van der Waals surface area contributed by atoms with Gasteiger partial charge in [0, 0.05) is 19.3 Å². The van der Waals surface area contributed by atoms with Gasteiger partial charge in [0.25, 0.3) is 0 Å². The molecule has 0 spiro atoms. The van der Waals surface area contributed by atoms with E-state index in [2.05, 4.69) is 0 Å². The van der Waals surface area contributed by atoms with Crippen molar-refractivity contribution in [1.29, 1.82) is 0 Å². The van der Waals surface area contributed by atoms with Crippen LogP contribution in [0.1, 0.15) is 19.4 Å². The number of methoxy groups -OCH3 is 1. The number of sulfone groups is 1. The molecule has 0 saturated heterocycles. The molecular formula is C16H21NO4S. The third kappa shape index (κ3) is 3.02. The van der Waals surface area contributed by atoms with E-state index in [0.717, 1.165) is 23.1 Å². The third-order valence-corrected chi connectivity index (χ3v) is 6.12. The highest BCUT2D eigenvalue weighted by molar-refractivity contribution is 7.92. The Morgan fingerprint density at radius 3 is 2.59 bits per heavy atom. The van der Waals surface area contributed by atoms with Crippen molar-refractivity contribution in [3.63, 3.8) is 0 Å². The summed E-state index contributed by atoms with van der Waals surface area (Å²) in [4.78, 5) is 14.1. The topological polar surface area (TPSA) is 63.7 Å². The van der Waals surface area contributed by atoms with Crippen molar-refractivity contribution < 1.29 is 17.9 Å². The molecular weight excluding hydrogens is 302 g/mol. The Hall–Kier alpha value is -1.82. The molecule has 0 fully saturated rings. The minimum absolute atomic E-state index is 0.371. The van der Waals surface area contributed by atoms with Crippen LogP contribution in [0.3, 0.4) is 0 Å². The lowest BCUT2D eigenvalue weighted by molar-refractivity contribution is -0.131. The lowest BCUT2D eigenvalue weighted by atomic mass is 10.1. The van der Waals surface area contributed by atoms with Gasteiger partial charge in [-0.05, 0) is 37.1 Å². The molecule has 22 heavy (non-hydrogen) atoms. The number of carbonyl (C=O) groups is 1. The SMILES string of the molecule is COc1cccc(C2=CCN(C(=O)C(C)(C)S(C)(=O)=O)C2)c1. The quantitative estimate of drug-likeness (QED) is 0.847. The van der Waals surface area contributed by atoms with Crippen LogP contribution in [0.25, 0.3) is 5.57 Å². The Morgan fingerprint density at radius 2 is 2.00 bits per heavy atom. The van der Waals surface area contributed by atoms with Crippen molar-refractivity contribution >= 4 is 21.3 Å². The first-order valence-corrected chi connectivity index (χ1v) is 8.88. The number of nitrogens with zero attached hydrogens (tertiary/aromatic N) is 1. The summed E-state index contributed by atoms with van der Waals surface area (Å²) in [5, 5.41) is 0. The summed E-state index contributed by atoms with van der Waals surface area (Å²) in [5.41, 5.74) is 1.98. The van der Waals surface area contributed by atoms with Gasteiger partial charge in [-0.15, -0.1) is 0 Å². The smallest absolute Gasteiger partial charge is 0.244 e. The van der Waals surface area contributed by atoms with Crippen LogP contribution in [0.5, 0.6) is 5.75 Å². The predicted octanol–water partition coefficient (Wildman–Crippen LogP) is 1.74. The van der Waals surface area contributed by atoms with Crippen LogP contribution in [0, 0.1) is 0 Å². The van der Waals surface area contributed by atoms with Crippen LogP contribution >= 0.6 is 0 Å². The molecule has 5 nitrogen and oxygen atoms in total. The summed E-state index contributed by atoms with van der Waals surface area (Å²) in [5.74, 6) is 0.379. The van der Waals surface area contributed by atoms with E-state index in [9.17, 15) is 13.2 Å². The minimum atomic E-state index is -3.47. The van der Waals surface area contributed by atoms with Crippen LogP contribution in [-0.2, 0) is 14.6 Å². The zero-order valence-electron chi connectivity index (χ0n) is 13.3. The summed E-state index contributed by atoms with van der Waals surface area (Å²) >= 11 is 0. The zero-order chi connectivity index (χ0) is 16.5. The van der Waals surface area contributed by atoms with Crippen LogP contribution in [0.4, 0.5) is 0 Å². The summed E-state index contributed by atoms with van der Waals surface area (Å²) in [7, 11) is -1.86. The molecule has 0 aromatic heterocycles. The standard InChI is InChI=1S/C16H21NO4S/c1-16(2,22(4,19)20)15(18)17-9-8-13(11-17)12-6-5-7-14(10-12)21-3/h5-8,10H,9,11H2,1-4H3. The van der Waals surface area contributed by atoms with E-state index in [0.29, 0.717) is 13.1 Å². The first kappa shape index (κ1) is 16.5. The first-order chi connectivity index (χ1) is 10.2. The number of carbonyl (C=O) groups excluding carboxylic acids is 1. The van der Waals surface area contributed by atoms with E-state index in [4.69, 9.17) is 4.74 Å². The fourth-order valence-corrected chi connectivity index (χ4v) is 2.73. The average Bonchev–Trinajstić information content (AvgIpc) is 2.95. The maximum absolute atomic E-state index is 12.5. The molecule has 2 rings (SSSR count). The maximum atomic E-state index is 12.5. The first-order valence-electron chi connectivity index (χ1n) is 6.99. The normalized spacial score (nSPS) is 15.6. The van der Waals surface area contributed by atoms with Gasteiger partial charge < -0.3 is 9.64 Å². The third-order valence-electron chi connectivity index (χ3n) is 4.09. The molecule has 0 bridgehead atoms. The second kappa shape index (κ2) is 5.76. The lowest BCUT2D eigenvalue weighted by Crippen LogP contribution is -2.49. The number of amides is 1. The second-order valence-electron chi connectivity index (χ2n) is 5.93. The molecule has 0 saturated carbocycles. The monoisotopic (exact) mass is 323 g/mol. The van der Waals surface area contributed by atoms with Crippen molar-refractivity contribution in [3.8, 4) is 5.75 Å². The van der Waals surface area contributed by atoms with Gasteiger partial charge in [0.2, 0.25) is 5.91 Å². The van der Waals surface area contributed by atoms with Gasteiger partial charge in [0.1, 0.15) is 10.5 Å². The van der Waals surface area contributed by atoms with E-state index >= 15 is 0 Å². The number of benzene rings is 1. The molecule has 120 valence electrons. The number of hydrogen-bond donors (Lipinski definition) is 0. The number of rotatable bonds is 4. The Kier molecular flexibility index (Phi) is 4.33. The Labute approximate surface area is 131 Å². The van der Waals surface area contributed by atoms with Gasteiger partial charge in [0.15, 0.2) is 9.84 Å². The molecule has 1 amide bonds. The molecule has 0 aliphatic carbocycles. The van der Waals surface area contributed by atoms with E-state index in [-0.39, 0.29) is 5.91 Å². The van der Waals surface area contributed by atoms with Gasteiger partial charge in [-0.2, -0.15) is 0 Å². The maximum Gasteiger partial charge on any atom is 0.244 e. The second-order valence-corrected chi connectivity index (χ2v) is 8.49. The predicted molar refractivity (Wildman–Crippen MR) is 86.5 cm³/mol. The van der Waals surface area contributed by atoms with Gasteiger partial charge in [0.05, 0.1) is 7.11 Å². The van der Waals surface area contributed by atoms with Crippen LogP contribution < -0.4 is 4.74 Å². The molecule has 1 aromatic carbocycles. The molecule has 1 heterocycles. The summed E-state index contributed by atoms with van der Waals surface area (Å²) in [6.45, 7) is 3.73. The molecule has 1 aromatic rings. The highest BCUT2D eigenvalue weighted by Crippen LogP contribution is 2.27. The van der Waals surface area contributed by atoms with Gasteiger partial charge in [-0.25, -0.2) is 8.42 Å². The van der Waals surface area contributed by atoms with Gasteiger partial charge in [-0.3, -0.25) is 4.79 Å². The van der Waals surface area contributed by atoms with Gasteiger partial charge >= 0.3 is 0 Å². The van der Waals surface area contributed by atoms with E-state index in [1.54, 1.807) is 12.0 Å². The van der Waals surface area contributed by atoms with E-state index < -0.39 is 14.6 Å². The Bertz CT molecular complexity index is 719. The van der Waals surface area contributed by atoms with Crippen molar-refractivity contribution in [2.75, 3.05) is 26.5 Å². The summed E-state index contributed by atoms with van der Waals surface area (Å²) in [6.07, 6.45) is 3.04. The summed E-state index contributed by atoms with van der Waals surface area (Å²) < 4.78 is 27.4. The molecule has 0 radical (unpaired) electrons. The molecule has 1 aliphatic heterocycles. The van der Waals surface area contributed by atoms with Crippen LogP contribution in [-0.4, -0.2) is 50.4 Å². The lowest BCUT2D eigenvalue weighted by Gasteiger charge is -2.27. The minimum Gasteiger partial charge on any atom is -0.497 e. The molecule has 1 aliphatic rings. The molecule has 6 heteroatoms. The van der Waals surface area contributed by atoms with Crippen molar-refractivity contribution in [2.24, 2.45) is 0 Å². The zero-order valence-corrected chi connectivity index (χ0v) is 14.1. The van der Waals surface area contributed by atoms with Crippen molar-refractivity contribution in [1.82, 2.24) is 4.90 Å². The fraction of sp³-hybridized carbons (Fsp3) is 0.438. The molecule has 0 N–H and O–H groups in total. The van der Waals surface area contributed by atoms with E-state index in [1.807, 2.05) is 30.3 Å². The molecule has 0 unspecified atom stereocenters. The Balaban J connectivity index is 2.17. The Morgan fingerprint density at radius 1 is 1.32 bits per heavy atom. The van der Waals surface area contributed by atoms with Crippen molar-refractivity contribution in [3.05, 3.63) is 35.9 Å². The fourth-order valence-electron chi connectivity index (χ4n) is 2.28. The highest BCUT2D eigenvalue weighted by Gasteiger charge is 2.42. The summed E-state index contributed by atoms with van der Waals surface area (Å²) in [6, 6.07) is 7.60. The van der Waals surface area contributed by atoms with Gasteiger partial charge in [-0.1, -0.05) is 18.2 Å². The van der Waals surface area contributed by atoms with E-state index in [1.165, 1.54) is 13.8 Å². The van der Waals surface area contributed by atoms with Crippen LogP contribution in [0.15, 0.2) is 30.3 Å². The van der Waals surface area contributed by atoms with Crippen LogP contribution in [0.2, 0.25) is 0 Å².